The van der Waals surface area contributed by atoms with E-state index in [0.717, 1.165) is 13.0 Å². The number of amides is 1. The highest BCUT2D eigenvalue weighted by Crippen LogP contribution is 2.21. The predicted octanol–water partition coefficient (Wildman–Crippen LogP) is 2.39. The number of fused-ring (bicyclic) bond motifs is 1. The van der Waals surface area contributed by atoms with Crippen molar-refractivity contribution >= 4 is 22.8 Å². The molecule has 0 atom stereocenters. The van der Waals surface area contributed by atoms with Crippen molar-refractivity contribution in [2.45, 2.75) is 20.3 Å². The van der Waals surface area contributed by atoms with Gasteiger partial charge in [-0.15, -0.1) is 0 Å². The van der Waals surface area contributed by atoms with Gasteiger partial charge in [0.15, 0.2) is 0 Å². The second kappa shape index (κ2) is 8.43. The molecule has 7 heteroatoms. The van der Waals surface area contributed by atoms with E-state index in [0.29, 0.717) is 48.4 Å². The van der Waals surface area contributed by atoms with Crippen LogP contribution >= 0.6 is 0 Å². The number of carbonyl (C=O) groups is 2. The summed E-state index contributed by atoms with van der Waals surface area (Å²) in [5.41, 5.74) is 1.70. The highest BCUT2D eigenvalue weighted by atomic mass is 19.1. The minimum atomic E-state index is -0.372. The number of esters is 1. The highest BCUT2D eigenvalue weighted by Gasteiger charge is 2.23. The quantitative estimate of drug-likeness (QED) is 0.770. The monoisotopic (exact) mass is 373 g/mol. The Bertz CT molecular complexity index is 850. The smallest absolute Gasteiger partial charge is 0.320 e. The largest absolute Gasteiger partial charge is 0.465 e. The van der Waals surface area contributed by atoms with Crippen LogP contribution in [0.15, 0.2) is 24.3 Å². The Morgan fingerprint density at radius 3 is 2.78 bits per heavy atom. The summed E-state index contributed by atoms with van der Waals surface area (Å²) in [6.45, 7) is 6.69. The van der Waals surface area contributed by atoms with Gasteiger partial charge in [0.2, 0.25) is 0 Å². The zero-order valence-electron chi connectivity index (χ0n) is 15.7. The lowest BCUT2D eigenvalue weighted by Crippen LogP contribution is -2.37. The maximum atomic E-state index is 13.5. The molecule has 0 saturated carbocycles. The van der Waals surface area contributed by atoms with E-state index in [1.54, 1.807) is 30.9 Å². The van der Waals surface area contributed by atoms with E-state index >= 15 is 0 Å². The lowest BCUT2D eigenvalue weighted by molar-refractivity contribution is -0.144. The van der Waals surface area contributed by atoms with Gasteiger partial charge in [-0.3, -0.25) is 19.5 Å². The average molecular weight is 373 g/mol. The molecule has 144 valence electrons. The number of carbonyl (C=O) groups excluding carboxylic acids is 2. The molecule has 1 aliphatic rings. The summed E-state index contributed by atoms with van der Waals surface area (Å²) in [6, 6.07) is 6.06. The van der Waals surface area contributed by atoms with Gasteiger partial charge in [-0.05, 0) is 38.5 Å². The van der Waals surface area contributed by atoms with Gasteiger partial charge in [0.05, 0.1) is 24.2 Å². The molecule has 0 bridgehead atoms. The van der Waals surface area contributed by atoms with Gasteiger partial charge < -0.3 is 9.64 Å². The fraction of sp³-hybridized carbons (Fsp3) is 0.450. The number of halogens is 1. The average Bonchev–Trinajstić information content (AvgIpc) is 2.85. The molecule has 2 aromatic rings. The third-order valence-corrected chi connectivity index (χ3v) is 4.66. The summed E-state index contributed by atoms with van der Waals surface area (Å²) in [7, 11) is 0. The van der Waals surface area contributed by atoms with E-state index in [-0.39, 0.29) is 24.2 Å². The van der Waals surface area contributed by atoms with Crippen LogP contribution < -0.4 is 0 Å². The molecule has 6 nitrogen and oxygen atoms in total. The maximum absolute atomic E-state index is 13.5. The van der Waals surface area contributed by atoms with Gasteiger partial charge in [0.1, 0.15) is 5.82 Å². The minimum absolute atomic E-state index is 0.0879. The van der Waals surface area contributed by atoms with Crippen molar-refractivity contribution in [3.05, 3.63) is 41.3 Å². The molecule has 1 saturated heterocycles. The van der Waals surface area contributed by atoms with Crippen molar-refractivity contribution in [1.29, 1.82) is 0 Å². The molecule has 1 amide bonds. The van der Waals surface area contributed by atoms with E-state index in [2.05, 4.69) is 4.98 Å². The lowest BCUT2D eigenvalue weighted by atomic mass is 10.1. The Morgan fingerprint density at radius 1 is 1.19 bits per heavy atom. The molecule has 0 N–H and O–H groups in total. The molecule has 0 radical (unpaired) electrons. The van der Waals surface area contributed by atoms with Gasteiger partial charge in [0, 0.05) is 43.3 Å². The zero-order valence-corrected chi connectivity index (χ0v) is 15.7. The number of pyridine rings is 1. The van der Waals surface area contributed by atoms with E-state index in [9.17, 15) is 14.0 Å². The van der Waals surface area contributed by atoms with Gasteiger partial charge in [-0.25, -0.2) is 4.39 Å². The normalized spacial score (nSPS) is 15.6. The molecule has 27 heavy (non-hydrogen) atoms. The first-order valence-corrected chi connectivity index (χ1v) is 9.22. The molecular weight excluding hydrogens is 349 g/mol. The molecule has 3 rings (SSSR count). The van der Waals surface area contributed by atoms with Crippen LogP contribution in [0, 0.1) is 12.7 Å². The van der Waals surface area contributed by atoms with Crippen LogP contribution in [-0.4, -0.2) is 66.0 Å². The number of hydrogen-bond donors (Lipinski definition) is 0. The van der Waals surface area contributed by atoms with Crippen molar-refractivity contribution in [1.82, 2.24) is 14.8 Å². The fourth-order valence-electron chi connectivity index (χ4n) is 3.40. The second-order valence-electron chi connectivity index (χ2n) is 6.70. The number of nitrogens with zero attached hydrogens (tertiary/aromatic N) is 3. The molecule has 1 aromatic heterocycles. The van der Waals surface area contributed by atoms with Crippen LogP contribution in [0.2, 0.25) is 0 Å². The first-order valence-electron chi connectivity index (χ1n) is 9.22. The number of ether oxygens (including phenoxy) is 1. The SMILES string of the molecule is CCOC(=O)CN1CCCN(C(=O)c2cc(C)nc3cc(F)ccc23)CC1. The first-order chi connectivity index (χ1) is 13.0. The maximum Gasteiger partial charge on any atom is 0.320 e. The van der Waals surface area contributed by atoms with Crippen molar-refractivity contribution in [3.8, 4) is 0 Å². The van der Waals surface area contributed by atoms with Crippen LogP contribution in [0.4, 0.5) is 4.39 Å². The standard InChI is InChI=1S/C20H24FN3O3/c1-3-27-19(25)13-23-7-4-8-24(10-9-23)20(26)17-11-14(2)22-18-12-15(21)5-6-16(17)18/h5-6,11-12H,3-4,7-10,13H2,1-2H3. The predicted molar refractivity (Wildman–Crippen MR) is 100 cm³/mol. The van der Waals surface area contributed by atoms with Crippen molar-refractivity contribution in [2.75, 3.05) is 39.3 Å². The van der Waals surface area contributed by atoms with Crippen LogP contribution in [0.3, 0.4) is 0 Å². The lowest BCUT2D eigenvalue weighted by Gasteiger charge is -2.22. The van der Waals surface area contributed by atoms with Crippen LogP contribution in [0.5, 0.6) is 0 Å². The fourth-order valence-corrected chi connectivity index (χ4v) is 3.40. The van der Waals surface area contributed by atoms with Gasteiger partial charge >= 0.3 is 5.97 Å². The number of hydrogen-bond acceptors (Lipinski definition) is 5. The molecule has 1 aromatic carbocycles. The van der Waals surface area contributed by atoms with Crippen molar-refractivity contribution in [2.24, 2.45) is 0 Å². The summed E-state index contributed by atoms with van der Waals surface area (Å²) in [5, 5.41) is 0.652. The molecular formula is C20H24FN3O3. The molecule has 1 fully saturated rings. The van der Waals surface area contributed by atoms with Gasteiger partial charge in [-0.2, -0.15) is 0 Å². The van der Waals surface area contributed by atoms with Gasteiger partial charge in [-0.1, -0.05) is 0 Å². The Balaban J connectivity index is 1.76. The Morgan fingerprint density at radius 2 is 2.00 bits per heavy atom. The van der Waals surface area contributed by atoms with Crippen molar-refractivity contribution in [3.63, 3.8) is 0 Å². The Kier molecular flexibility index (Phi) is 6.01. The summed E-state index contributed by atoms with van der Waals surface area (Å²) in [6.07, 6.45) is 0.780. The van der Waals surface area contributed by atoms with Crippen LogP contribution in [0.25, 0.3) is 10.9 Å². The summed E-state index contributed by atoms with van der Waals surface area (Å²) in [5.74, 6) is -0.700. The molecule has 0 spiro atoms. The summed E-state index contributed by atoms with van der Waals surface area (Å²) < 4.78 is 18.5. The summed E-state index contributed by atoms with van der Waals surface area (Å²) in [4.78, 5) is 33.0. The number of benzene rings is 1. The number of aryl methyl sites for hydroxylation is 1. The minimum Gasteiger partial charge on any atom is -0.465 e. The van der Waals surface area contributed by atoms with E-state index < -0.39 is 0 Å². The van der Waals surface area contributed by atoms with E-state index in [4.69, 9.17) is 4.74 Å². The second-order valence-corrected chi connectivity index (χ2v) is 6.70. The van der Waals surface area contributed by atoms with Crippen molar-refractivity contribution < 1.29 is 18.7 Å². The molecule has 1 aliphatic heterocycles. The zero-order chi connectivity index (χ0) is 19.4. The Labute approximate surface area is 157 Å². The van der Waals surface area contributed by atoms with Crippen LogP contribution in [-0.2, 0) is 9.53 Å². The number of rotatable bonds is 4. The molecule has 2 heterocycles. The van der Waals surface area contributed by atoms with Crippen LogP contribution in [0.1, 0.15) is 29.4 Å². The summed E-state index contributed by atoms with van der Waals surface area (Å²) >= 11 is 0. The third-order valence-electron chi connectivity index (χ3n) is 4.66. The Hall–Kier alpha value is -2.54. The third kappa shape index (κ3) is 4.60. The van der Waals surface area contributed by atoms with E-state index in [1.807, 2.05) is 4.90 Å². The highest BCUT2D eigenvalue weighted by molar-refractivity contribution is 6.06. The molecule has 0 unspecified atom stereocenters. The number of aromatic nitrogens is 1. The first kappa shape index (κ1) is 19.2. The van der Waals surface area contributed by atoms with Gasteiger partial charge in [0.25, 0.3) is 5.91 Å². The van der Waals surface area contributed by atoms with E-state index in [1.165, 1.54) is 12.1 Å². The molecule has 0 aliphatic carbocycles. The topological polar surface area (TPSA) is 62.7 Å².